The van der Waals surface area contributed by atoms with E-state index in [9.17, 15) is 4.79 Å². The molecule has 0 aliphatic carbocycles. The van der Waals surface area contributed by atoms with Crippen LogP contribution in [0.5, 0.6) is 5.75 Å². The van der Waals surface area contributed by atoms with Gasteiger partial charge in [-0.15, -0.1) is 0 Å². The van der Waals surface area contributed by atoms with Crippen LogP contribution >= 0.6 is 0 Å². The number of aromatic nitrogens is 3. The number of unbranched alkanes of at least 4 members (excludes halogenated alkanes) is 4. The second-order valence-electron chi connectivity index (χ2n) is 7.12. The Hall–Kier alpha value is -2.83. The summed E-state index contributed by atoms with van der Waals surface area (Å²) in [7, 11) is 0. The maximum atomic E-state index is 13.1. The van der Waals surface area contributed by atoms with Crippen molar-refractivity contribution in [2.45, 2.75) is 58.9 Å². The summed E-state index contributed by atoms with van der Waals surface area (Å²) in [6.07, 6.45) is 7.01. The van der Waals surface area contributed by atoms with E-state index in [4.69, 9.17) is 9.47 Å². The minimum Gasteiger partial charge on any atom is -0.494 e. The quantitative estimate of drug-likeness (QED) is 0.470. The number of nitrogens with one attached hydrogen (secondary N) is 1. The Balaban J connectivity index is 1.85. The van der Waals surface area contributed by atoms with Gasteiger partial charge in [0.25, 0.3) is 0 Å². The summed E-state index contributed by atoms with van der Waals surface area (Å²) in [5.74, 6) is 0.985. The summed E-state index contributed by atoms with van der Waals surface area (Å²) in [6.45, 7) is 6.95. The van der Waals surface area contributed by atoms with Gasteiger partial charge in [0.2, 0.25) is 5.95 Å². The summed E-state index contributed by atoms with van der Waals surface area (Å²) in [6, 6.07) is 7.26. The number of benzene rings is 1. The molecule has 1 aromatic heterocycles. The van der Waals surface area contributed by atoms with E-state index in [1.807, 2.05) is 38.1 Å². The average molecular weight is 399 g/mol. The van der Waals surface area contributed by atoms with Crippen molar-refractivity contribution in [3.63, 3.8) is 0 Å². The molecule has 1 aliphatic rings. The van der Waals surface area contributed by atoms with Crippen LogP contribution in [0.3, 0.4) is 0 Å². The average Bonchev–Trinajstić information content (AvgIpc) is 3.18. The number of anilines is 1. The van der Waals surface area contributed by atoms with E-state index in [0.29, 0.717) is 24.7 Å². The third kappa shape index (κ3) is 4.78. The second kappa shape index (κ2) is 10.1. The highest BCUT2D eigenvalue weighted by Gasteiger charge is 2.35. The van der Waals surface area contributed by atoms with Gasteiger partial charge in [-0.25, -0.2) is 9.48 Å². The van der Waals surface area contributed by atoms with Crippen LogP contribution in [0.1, 0.15) is 64.5 Å². The van der Waals surface area contributed by atoms with Crippen LogP contribution in [0.2, 0.25) is 0 Å². The van der Waals surface area contributed by atoms with Crippen molar-refractivity contribution in [3.8, 4) is 5.75 Å². The van der Waals surface area contributed by atoms with Crippen molar-refractivity contribution in [3.05, 3.63) is 47.4 Å². The van der Waals surface area contributed by atoms with Gasteiger partial charge in [0, 0.05) is 11.3 Å². The molecule has 0 radical (unpaired) electrons. The van der Waals surface area contributed by atoms with Crippen LogP contribution < -0.4 is 10.1 Å². The zero-order valence-corrected chi connectivity index (χ0v) is 17.5. The van der Waals surface area contributed by atoms with Gasteiger partial charge in [-0.05, 0) is 26.3 Å². The number of carbonyl (C=O) groups is 1. The highest BCUT2D eigenvalue weighted by molar-refractivity contribution is 5.92. The van der Waals surface area contributed by atoms with Gasteiger partial charge in [0.05, 0.1) is 18.8 Å². The van der Waals surface area contributed by atoms with Crippen molar-refractivity contribution in [2.75, 3.05) is 18.5 Å². The number of hydrogen-bond donors (Lipinski definition) is 1. The van der Waals surface area contributed by atoms with Crippen LogP contribution in [0, 0.1) is 0 Å². The molecule has 0 saturated carbocycles. The van der Waals surface area contributed by atoms with Gasteiger partial charge >= 0.3 is 5.97 Å². The Morgan fingerprint density at radius 3 is 2.76 bits per heavy atom. The van der Waals surface area contributed by atoms with Crippen molar-refractivity contribution in [2.24, 2.45) is 0 Å². The number of rotatable bonds is 10. The molecule has 1 atom stereocenters. The normalized spacial score (nSPS) is 15.6. The summed E-state index contributed by atoms with van der Waals surface area (Å²) in [5, 5.41) is 7.53. The molecular weight excluding hydrogens is 368 g/mol. The van der Waals surface area contributed by atoms with Crippen molar-refractivity contribution >= 4 is 11.9 Å². The van der Waals surface area contributed by atoms with Crippen LogP contribution in [-0.2, 0) is 9.53 Å². The van der Waals surface area contributed by atoms with E-state index < -0.39 is 6.04 Å². The van der Waals surface area contributed by atoms with E-state index in [0.717, 1.165) is 29.9 Å². The smallest absolute Gasteiger partial charge is 0.338 e. The molecule has 0 spiro atoms. The third-order valence-electron chi connectivity index (χ3n) is 5.01. The molecule has 1 aliphatic heterocycles. The first-order chi connectivity index (χ1) is 14.2. The summed E-state index contributed by atoms with van der Waals surface area (Å²) >= 11 is 0. The molecule has 0 saturated heterocycles. The first-order valence-electron chi connectivity index (χ1n) is 10.4. The lowest BCUT2D eigenvalue weighted by Crippen LogP contribution is -2.30. The number of esters is 1. The minimum absolute atomic E-state index is 0.331. The van der Waals surface area contributed by atoms with Gasteiger partial charge in [0.15, 0.2) is 0 Å². The standard InChI is InChI=1S/C22H30N4O3/c1-4-6-7-8-11-14-29-21(27)19-16(3)25-22-23-15-24-26(22)20(19)17-12-9-10-13-18(17)28-5-2/h9-10,12-13,15,20H,4-8,11,14H2,1-3H3,(H,23,24,25)/t20-/m0/s1. The fourth-order valence-corrected chi connectivity index (χ4v) is 3.58. The van der Waals surface area contributed by atoms with Crippen LogP contribution in [-0.4, -0.2) is 33.9 Å². The van der Waals surface area contributed by atoms with Crippen LogP contribution in [0.15, 0.2) is 41.9 Å². The zero-order valence-electron chi connectivity index (χ0n) is 17.5. The van der Waals surface area contributed by atoms with E-state index in [1.165, 1.54) is 25.6 Å². The SMILES string of the molecule is CCCCCCCOC(=O)C1=C(C)Nc2ncnn2[C@H]1c1ccccc1OCC. The van der Waals surface area contributed by atoms with E-state index >= 15 is 0 Å². The number of carbonyl (C=O) groups excluding carboxylic acids is 1. The summed E-state index contributed by atoms with van der Waals surface area (Å²) in [5.41, 5.74) is 2.11. The lowest BCUT2D eigenvalue weighted by Gasteiger charge is -2.29. The molecule has 156 valence electrons. The topological polar surface area (TPSA) is 78.3 Å². The van der Waals surface area contributed by atoms with Crippen molar-refractivity contribution < 1.29 is 14.3 Å². The molecule has 7 heteroatoms. The number of ether oxygens (including phenoxy) is 2. The highest BCUT2D eigenvalue weighted by Crippen LogP contribution is 2.39. The Bertz CT molecular complexity index is 859. The molecule has 3 rings (SSSR count). The van der Waals surface area contributed by atoms with E-state index in [2.05, 4.69) is 22.3 Å². The third-order valence-corrected chi connectivity index (χ3v) is 5.01. The molecule has 29 heavy (non-hydrogen) atoms. The number of nitrogens with zero attached hydrogens (tertiary/aromatic N) is 3. The number of fused-ring (bicyclic) bond motifs is 1. The largest absolute Gasteiger partial charge is 0.494 e. The Kier molecular flexibility index (Phi) is 7.27. The molecule has 1 N–H and O–H groups in total. The lowest BCUT2D eigenvalue weighted by atomic mass is 9.95. The summed E-state index contributed by atoms with van der Waals surface area (Å²) < 4.78 is 13.2. The summed E-state index contributed by atoms with van der Waals surface area (Å²) in [4.78, 5) is 17.3. The molecule has 1 aromatic carbocycles. The van der Waals surface area contributed by atoms with Gasteiger partial charge < -0.3 is 14.8 Å². The molecule has 7 nitrogen and oxygen atoms in total. The number of allylic oxidation sites excluding steroid dienone is 1. The minimum atomic E-state index is -0.455. The Morgan fingerprint density at radius 2 is 1.97 bits per heavy atom. The highest BCUT2D eigenvalue weighted by atomic mass is 16.5. The Labute approximate surface area is 172 Å². The molecule has 0 unspecified atom stereocenters. The number of hydrogen-bond acceptors (Lipinski definition) is 6. The molecule has 2 aromatic rings. The molecule has 0 amide bonds. The van der Waals surface area contributed by atoms with Crippen molar-refractivity contribution in [1.82, 2.24) is 14.8 Å². The first kappa shape index (κ1) is 20.9. The van der Waals surface area contributed by atoms with E-state index in [1.54, 1.807) is 4.68 Å². The molecular formula is C22H30N4O3. The van der Waals surface area contributed by atoms with Gasteiger partial charge in [-0.1, -0.05) is 50.8 Å². The maximum absolute atomic E-state index is 13.1. The fourth-order valence-electron chi connectivity index (χ4n) is 3.58. The van der Waals surface area contributed by atoms with Gasteiger partial charge in [0.1, 0.15) is 18.1 Å². The fraction of sp³-hybridized carbons (Fsp3) is 0.500. The van der Waals surface area contributed by atoms with Crippen molar-refractivity contribution in [1.29, 1.82) is 0 Å². The molecule has 2 heterocycles. The zero-order chi connectivity index (χ0) is 20.6. The van der Waals surface area contributed by atoms with Crippen LogP contribution in [0.4, 0.5) is 5.95 Å². The maximum Gasteiger partial charge on any atom is 0.338 e. The number of para-hydroxylation sites is 1. The first-order valence-corrected chi connectivity index (χ1v) is 10.4. The monoisotopic (exact) mass is 398 g/mol. The van der Waals surface area contributed by atoms with Gasteiger partial charge in [-0.2, -0.15) is 10.1 Å². The lowest BCUT2D eigenvalue weighted by molar-refractivity contribution is -0.139. The second-order valence-corrected chi connectivity index (χ2v) is 7.12. The predicted octanol–water partition coefficient (Wildman–Crippen LogP) is 4.48. The predicted molar refractivity (Wildman–Crippen MR) is 112 cm³/mol. The van der Waals surface area contributed by atoms with E-state index in [-0.39, 0.29) is 5.97 Å². The van der Waals surface area contributed by atoms with Gasteiger partial charge in [-0.3, -0.25) is 0 Å². The molecule has 0 bridgehead atoms. The van der Waals surface area contributed by atoms with Crippen LogP contribution in [0.25, 0.3) is 0 Å². The Morgan fingerprint density at radius 1 is 1.17 bits per heavy atom. The molecule has 0 fully saturated rings.